The molecule has 1 aliphatic carbocycles. The van der Waals surface area contributed by atoms with Gasteiger partial charge in [0.05, 0.1) is 5.69 Å². The first-order valence-corrected chi connectivity index (χ1v) is 9.72. The Morgan fingerprint density at radius 1 is 1.35 bits per heavy atom. The predicted molar refractivity (Wildman–Crippen MR) is 84.0 cm³/mol. The number of thiophene rings is 2. The molecule has 1 aliphatic rings. The van der Waals surface area contributed by atoms with Crippen molar-refractivity contribution < 1.29 is 8.42 Å². The van der Waals surface area contributed by atoms with Crippen molar-refractivity contribution in [1.29, 1.82) is 0 Å². The van der Waals surface area contributed by atoms with Gasteiger partial charge in [0.2, 0.25) is 0 Å². The molecule has 0 saturated heterocycles. The van der Waals surface area contributed by atoms with E-state index in [0.717, 1.165) is 10.4 Å². The summed E-state index contributed by atoms with van der Waals surface area (Å²) in [6.07, 6.45) is 2.39. The van der Waals surface area contributed by atoms with E-state index in [1.807, 2.05) is 17.7 Å². The molecule has 0 bridgehead atoms. The van der Waals surface area contributed by atoms with E-state index in [9.17, 15) is 8.42 Å². The van der Waals surface area contributed by atoms with Crippen LogP contribution in [-0.2, 0) is 16.6 Å². The van der Waals surface area contributed by atoms with E-state index in [0.29, 0.717) is 23.2 Å². The average Bonchev–Trinajstić information content (AvgIpc) is 2.94. The molecule has 108 valence electrons. The number of hydrogen-bond donors (Lipinski definition) is 2. The van der Waals surface area contributed by atoms with Gasteiger partial charge in [-0.1, -0.05) is 0 Å². The summed E-state index contributed by atoms with van der Waals surface area (Å²) < 4.78 is 27.7. The van der Waals surface area contributed by atoms with Crippen molar-refractivity contribution in [3.05, 3.63) is 32.6 Å². The van der Waals surface area contributed by atoms with Crippen molar-refractivity contribution in [3.8, 4) is 0 Å². The van der Waals surface area contributed by atoms with Gasteiger partial charge >= 0.3 is 0 Å². The standard InChI is InChI=1S/C13H16N2O2S3/c1-9-7-19-12(6-14-10-2-3-10)13(9)20(16,17)15-11-4-5-18-8-11/h4-5,7-8,10,14-15H,2-3,6H2,1H3. The first-order chi connectivity index (χ1) is 9.56. The molecule has 2 heterocycles. The third-order valence-electron chi connectivity index (χ3n) is 3.16. The lowest BCUT2D eigenvalue weighted by molar-refractivity contribution is 0.598. The molecular formula is C13H16N2O2S3. The fourth-order valence-electron chi connectivity index (χ4n) is 2.02. The van der Waals surface area contributed by atoms with Gasteiger partial charge in [0.1, 0.15) is 4.90 Å². The minimum Gasteiger partial charge on any atom is -0.309 e. The third kappa shape index (κ3) is 3.06. The second-order valence-electron chi connectivity index (χ2n) is 4.94. The minimum atomic E-state index is -3.50. The highest BCUT2D eigenvalue weighted by Crippen LogP contribution is 2.30. The topological polar surface area (TPSA) is 58.2 Å². The van der Waals surface area contributed by atoms with Crippen LogP contribution < -0.4 is 10.0 Å². The number of rotatable bonds is 6. The smallest absolute Gasteiger partial charge is 0.263 e. The van der Waals surface area contributed by atoms with E-state index in [4.69, 9.17) is 0 Å². The highest BCUT2D eigenvalue weighted by molar-refractivity contribution is 7.93. The minimum absolute atomic E-state index is 0.432. The molecule has 0 amide bonds. The zero-order valence-electron chi connectivity index (χ0n) is 11.0. The molecule has 4 nitrogen and oxygen atoms in total. The van der Waals surface area contributed by atoms with Crippen LogP contribution in [0.4, 0.5) is 5.69 Å². The number of aryl methyl sites for hydroxylation is 1. The molecule has 7 heteroatoms. The van der Waals surface area contributed by atoms with Crippen molar-refractivity contribution in [3.63, 3.8) is 0 Å². The lowest BCUT2D eigenvalue weighted by Crippen LogP contribution is -2.19. The van der Waals surface area contributed by atoms with Crippen LogP contribution in [0.2, 0.25) is 0 Å². The maximum atomic E-state index is 12.5. The quantitative estimate of drug-likeness (QED) is 0.856. The summed E-state index contributed by atoms with van der Waals surface area (Å²) in [5.74, 6) is 0. The molecule has 0 radical (unpaired) electrons. The lowest BCUT2D eigenvalue weighted by atomic mass is 10.3. The zero-order chi connectivity index (χ0) is 14.2. The molecular weight excluding hydrogens is 312 g/mol. The van der Waals surface area contributed by atoms with E-state index in [1.54, 1.807) is 11.4 Å². The Morgan fingerprint density at radius 2 is 2.15 bits per heavy atom. The predicted octanol–water partition coefficient (Wildman–Crippen LogP) is 3.17. The molecule has 0 spiro atoms. The second-order valence-corrected chi connectivity index (χ2v) is 8.31. The van der Waals surface area contributed by atoms with Crippen LogP contribution in [0.1, 0.15) is 23.3 Å². The van der Waals surface area contributed by atoms with Gasteiger partial charge in [-0.15, -0.1) is 11.3 Å². The average molecular weight is 328 g/mol. The fourth-order valence-corrected chi connectivity index (χ4v) is 5.50. The first kappa shape index (κ1) is 14.1. The highest BCUT2D eigenvalue weighted by Gasteiger charge is 2.25. The summed E-state index contributed by atoms with van der Waals surface area (Å²) >= 11 is 2.98. The highest BCUT2D eigenvalue weighted by atomic mass is 32.2. The summed E-state index contributed by atoms with van der Waals surface area (Å²) in [5.41, 5.74) is 1.44. The summed E-state index contributed by atoms with van der Waals surface area (Å²) in [5, 5.41) is 8.93. The number of nitrogens with one attached hydrogen (secondary N) is 2. The van der Waals surface area contributed by atoms with Gasteiger partial charge in [-0.25, -0.2) is 8.42 Å². The van der Waals surface area contributed by atoms with Gasteiger partial charge in [0, 0.05) is 22.8 Å². The normalized spacial score (nSPS) is 15.4. The van der Waals surface area contributed by atoms with Gasteiger partial charge in [0.25, 0.3) is 10.0 Å². The fraction of sp³-hybridized carbons (Fsp3) is 0.385. The first-order valence-electron chi connectivity index (χ1n) is 6.41. The SMILES string of the molecule is Cc1csc(CNC2CC2)c1S(=O)(=O)Nc1ccsc1. The Morgan fingerprint density at radius 3 is 2.80 bits per heavy atom. The molecule has 2 N–H and O–H groups in total. The molecule has 2 aromatic rings. The van der Waals surface area contributed by atoms with Crippen LogP contribution in [0.15, 0.2) is 27.1 Å². The van der Waals surface area contributed by atoms with Crippen LogP contribution in [-0.4, -0.2) is 14.5 Å². The largest absolute Gasteiger partial charge is 0.309 e. The molecule has 2 aromatic heterocycles. The van der Waals surface area contributed by atoms with Gasteiger partial charge in [-0.3, -0.25) is 4.72 Å². The van der Waals surface area contributed by atoms with Crippen LogP contribution in [0.3, 0.4) is 0 Å². The van der Waals surface area contributed by atoms with Gasteiger partial charge in [-0.2, -0.15) is 11.3 Å². The summed E-state index contributed by atoms with van der Waals surface area (Å²) in [6.45, 7) is 2.47. The Balaban J connectivity index is 1.85. The molecule has 0 aliphatic heterocycles. The van der Waals surface area contributed by atoms with Gasteiger partial charge in [0.15, 0.2) is 0 Å². The van der Waals surface area contributed by atoms with Crippen LogP contribution >= 0.6 is 22.7 Å². The zero-order valence-corrected chi connectivity index (χ0v) is 13.5. The maximum Gasteiger partial charge on any atom is 0.263 e. The molecule has 0 atom stereocenters. The van der Waals surface area contributed by atoms with E-state index >= 15 is 0 Å². The number of sulfonamides is 1. The van der Waals surface area contributed by atoms with Crippen molar-refractivity contribution in [2.24, 2.45) is 0 Å². The van der Waals surface area contributed by atoms with Crippen molar-refractivity contribution in [2.75, 3.05) is 4.72 Å². The summed E-state index contributed by atoms with van der Waals surface area (Å²) in [7, 11) is -3.50. The van der Waals surface area contributed by atoms with Gasteiger partial charge in [-0.05, 0) is 42.2 Å². The molecule has 20 heavy (non-hydrogen) atoms. The van der Waals surface area contributed by atoms with E-state index in [1.165, 1.54) is 35.5 Å². The van der Waals surface area contributed by atoms with Crippen LogP contribution in [0.25, 0.3) is 0 Å². The van der Waals surface area contributed by atoms with E-state index < -0.39 is 10.0 Å². The number of hydrogen-bond acceptors (Lipinski definition) is 5. The van der Waals surface area contributed by atoms with E-state index in [2.05, 4.69) is 10.0 Å². The molecule has 1 saturated carbocycles. The summed E-state index contributed by atoms with van der Waals surface area (Å²) in [4.78, 5) is 1.32. The monoisotopic (exact) mass is 328 g/mol. The Kier molecular flexibility index (Phi) is 3.85. The molecule has 3 rings (SSSR count). The Labute approximate surface area is 126 Å². The number of anilines is 1. The molecule has 1 fully saturated rings. The van der Waals surface area contributed by atoms with Gasteiger partial charge < -0.3 is 5.32 Å². The van der Waals surface area contributed by atoms with Crippen LogP contribution in [0, 0.1) is 6.92 Å². The molecule has 0 unspecified atom stereocenters. The second kappa shape index (κ2) is 5.48. The van der Waals surface area contributed by atoms with Crippen LogP contribution in [0.5, 0.6) is 0 Å². The van der Waals surface area contributed by atoms with Crippen molar-refractivity contribution in [2.45, 2.75) is 37.2 Å². The Hall–Kier alpha value is -0.890. The van der Waals surface area contributed by atoms with E-state index in [-0.39, 0.29) is 0 Å². The lowest BCUT2D eigenvalue weighted by Gasteiger charge is -2.09. The maximum absolute atomic E-state index is 12.5. The van der Waals surface area contributed by atoms with Crippen molar-refractivity contribution in [1.82, 2.24) is 5.32 Å². The third-order valence-corrected chi connectivity index (χ3v) is 6.69. The van der Waals surface area contributed by atoms with Crippen molar-refractivity contribution >= 4 is 38.4 Å². The summed E-state index contributed by atoms with van der Waals surface area (Å²) in [6, 6.07) is 2.34. The Bertz CT molecular complexity index is 685. The molecule has 0 aromatic carbocycles.